The number of hydrogen-bond donors (Lipinski definition) is 0. The van der Waals surface area contributed by atoms with E-state index in [-0.39, 0.29) is 0 Å². The molecule has 0 amide bonds. The predicted octanol–water partition coefficient (Wildman–Crippen LogP) is 9.87. The highest BCUT2D eigenvalue weighted by Gasteiger charge is 2.26. The summed E-state index contributed by atoms with van der Waals surface area (Å²) in [5.41, 5.74) is 0. The van der Waals surface area contributed by atoms with Crippen LogP contribution in [0.4, 0.5) is 0 Å². The molecule has 180 valence electrons. The van der Waals surface area contributed by atoms with E-state index in [1.807, 2.05) is 6.92 Å². The fourth-order valence-corrected chi connectivity index (χ4v) is 4.96. The van der Waals surface area contributed by atoms with Crippen LogP contribution in [-0.2, 0) is 4.79 Å². The van der Waals surface area contributed by atoms with E-state index in [4.69, 9.17) is 0 Å². The van der Waals surface area contributed by atoms with Crippen LogP contribution < -0.4 is 0 Å². The van der Waals surface area contributed by atoms with Gasteiger partial charge in [0.25, 0.3) is 0 Å². The number of carbonyl (C=O) groups excluding carboxylic acids is 1. The lowest BCUT2D eigenvalue weighted by atomic mass is 9.75. The van der Waals surface area contributed by atoms with Crippen molar-refractivity contribution in [2.45, 2.75) is 145 Å². The normalized spacial score (nSPS) is 23.3. The monoisotopic (exact) mass is 422 g/mol. The fourth-order valence-electron chi connectivity index (χ4n) is 4.96. The third-order valence-corrected chi connectivity index (χ3v) is 7.43. The van der Waals surface area contributed by atoms with Gasteiger partial charge in [-0.25, -0.2) is 0 Å². The molecule has 0 aliphatic heterocycles. The number of rotatable bonds is 8. The summed E-state index contributed by atoms with van der Waals surface area (Å²) in [4.78, 5) is 11.4. The number of Topliss-reactive ketones (excluding diaryl/α,β-unsaturated/α-hetero) is 1. The number of ketones is 1. The largest absolute Gasteiger partial charge is 0.299 e. The zero-order valence-corrected chi connectivity index (χ0v) is 22.3. The summed E-state index contributed by atoms with van der Waals surface area (Å²) in [6, 6.07) is 0. The Morgan fingerprint density at radius 1 is 0.767 bits per heavy atom. The molecule has 0 spiro atoms. The fraction of sp³-hybridized carbons (Fsp3) is 0.966. The second-order valence-corrected chi connectivity index (χ2v) is 11.3. The van der Waals surface area contributed by atoms with E-state index in [2.05, 4.69) is 48.5 Å². The van der Waals surface area contributed by atoms with Crippen LogP contribution in [-0.4, -0.2) is 5.78 Å². The van der Waals surface area contributed by atoms with Gasteiger partial charge in [-0.05, 0) is 55.3 Å². The minimum absolute atomic E-state index is 0.403. The Balaban J connectivity index is 0.000000441. The molecule has 0 radical (unpaired) electrons. The summed E-state index contributed by atoms with van der Waals surface area (Å²) in [7, 11) is 0. The molecule has 0 aromatic carbocycles. The van der Waals surface area contributed by atoms with Crippen LogP contribution in [0.3, 0.4) is 0 Å². The first-order chi connectivity index (χ1) is 14.2. The summed E-state index contributed by atoms with van der Waals surface area (Å²) >= 11 is 0. The summed E-state index contributed by atoms with van der Waals surface area (Å²) in [5.74, 6) is 5.45. The molecule has 1 heteroatoms. The minimum Gasteiger partial charge on any atom is -0.299 e. The summed E-state index contributed by atoms with van der Waals surface area (Å²) in [5, 5.41) is 0. The Labute approximate surface area is 191 Å². The van der Waals surface area contributed by atoms with E-state index in [0.717, 1.165) is 48.9 Å². The molecule has 0 heterocycles. The summed E-state index contributed by atoms with van der Waals surface area (Å²) in [6.07, 6.45) is 18.6. The van der Waals surface area contributed by atoms with E-state index in [0.29, 0.717) is 11.7 Å². The van der Waals surface area contributed by atoms with Gasteiger partial charge in [0, 0.05) is 12.3 Å². The zero-order valence-electron chi connectivity index (χ0n) is 22.3. The Bertz CT molecular complexity index is 383. The third-order valence-electron chi connectivity index (χ3n) is 7.43. The van der Waals surface area contributed by atoms with Crippen molar-refractivity contribution in [3.63, 3.8) is 0 Å². The van der Waals surface area contributed by atoms with Crippen molar-refractivity contribution in [1.82, 2.24) is 0 Å². The van der Waals surface area contributed by atoms with E-state index < -0.39 is 0 Å². The summed E-state index contributed by atoms with van der Waals surface area (Å²) < 4.78 is 0. The van der Waals surface area contributed by atoms with Crippen molar-refractivity contribution >= 4 is 5.78 Å². The van der Waals surface area contributed by atoms with Gasteiger partial charge in [-0.1, -0.05) is 113 Å². The van der Waals surface area contributed by atoms with E-state index in [1.54, 1.807) is 0 Å². The number of carbonyl (C=O) groups is 1. The van der Waals surface area contributed by atoms with Crippen LogP contribution in [0.25, 0.3) is 0 Å². The van der Waals surface area contributed by atoms with Crippen molar-refractivity contribution in [2.75, 3.05) is 0 Å². The topological polar surface area (TPSA) is 17.1 Å². The van der Waals surface area contributed by atoms with Crippen molar-refractivity contribution < 1.29 is 4.79 Å². The maximum Gasteiger partial charge on any atom is 0.135 e. The molecule has 1 nitrogen and oxygen atoms in total. The first-order valence-electron chi connectivity index (χ1n) is 13.7. The van der Waals surface area contributed by atoms with E-state index in [1.165, 1.54) is 70.6 Å². The molecule has 0 N–H and O–H groups in total. The van der Waals surface area contributed by atoms with Crippen LogP contribution in [0, 0.1) is 35.5 Å². The van der Waals surface area contributed by atoms with Crippen LogP contribution >= 0.6 is 0 Å². The molecule has 30 heavy (non-hydrogen) atoms. The molecule has 1 atom stereocenters. The van der Waals surface area contributed by atoms with Gasteiger partial charge in [0.15, 0.2) is 0 Å². The van der Waals surface area contributed by atoms with Crippen molar-refractivity contribution in [3.8, 4) is 0 Å². The molecule has 0 aromatic rings. The van der Waals surface area contributed by atoms with Crippen molar-refractivity contribution in [3.05, 3.63) is 0 Å². The summed E-state index contributed by atoms with van der Waals surface area (Å²) in [6.45, 7) is 18.2. The Kier molecular flexibility index (Phi) is 18.1. The lowest BCUT2D eigenvalue weighted by Gasteiger charge is -2.29. The maximum atomic E-state index is 11.4. The smallest absolute Gasteiger partial charge is 0.135 e. The molecule has 2 saturated carbocycles. The SMILES string of the molecule is CC1CCCCC1.CCC(=O)C1CCC(C(C)C)CC1.CCCC(C)CCC(C)C. The Morgan fingerprint density at radius 2 is 1.33 bits per heavy atom. The van der Waals surface area contributed by atoms with Crippen molar-refractivity contribution in [1.29, 1.82) is 0 Å². The van der Waals surface area contributed by atoms with Gasteiger partial charge < -0.3 is 0 Å². The lowest BCUT2D eigenvalue weighted by Crippen LogP contribution is -2.23. The Morgan fingerprint density at radius 3 is 1.70 bits per heavy atom. The van der Waals surface area contributed by atoms with Crippen molar-refractivity contribution in [2.24, 2.45) is 35.5 Å². The molecule has 0 saturated heterocycles. The van der Waals surface area contributed by atoms with Crippen LogP contribution in [0.1, 0.15) is 145 Å². The highest BCUT2D eigenvalue weighted by molar-refractivity contribution is 5.80. The third kappa shape index (κ3) is 15.5. The first kappa shape index (κ1) is 29.7. The molecule has 2 aliphatic carbocycles. The molecule has 0 bridgehead atoms. The van der Waals surface area contributed by atoms with Gasteiger partial charge in [0.1, 0.15) is 5.78 Å². The van der Waals surface area contributed by atoms with Gasteiger partial charge >= 0.3 is 0 Å². The predicted molar refractivity (Wildman–Crippen MR) is 136 cm³/mol. The average Bonchev–Trinajstić information content (AvgIpc) is 2.73. The van der Waals surface area contributed by atoms with E-state index >= 15 is 0 Å². The van der Waals surface area contributed by atoms with Crippen LogP contribution in [0.2, 0.25) is 0 Å². The molecule has 2 aliphatic rings. The molecular formula is C29H58O. The molecule has 1 unspecified atom stereocenters. The molecule has 2 fully saturated rings. The second kappa shape index (κ2) is 18.3. The van der Waals surface area contributed by atoms with Gasteiger partial charge in [0.2, 0.25) is 0 Å². The average molecular weight is 423 g/mol. The van der Waals surface area contributed by atoms with Gasteiger partial charge in [-0.2, -0.15) is 0 Å². The molecule has 0 aromatic heterocycles. The molecule has 2 rings (SSSR count). The number of hydrogen-bond acceptors (Lipinski definition) is 1. The van der Waals surface area contributed by atoms with Gasteiger partial charge in [0.05, 0.1) is 0 Å². The van der Waals surface area contributed by atoms with Crippen LogP contribution in [0.5, 0.6) is 0 Å². The molecular weight excluding hydrogens is 364 g/mol. The maximum absolute atomic E-state index is 11.4. The lowest BCUT2D eigenvalue weighted by molar-refractivity contribution is -0.123. The van der Waals surface area contributed by atoms with E-state index in [9.17, 15) is 4.79 Å². The zero-order chi connectivity index (χ0) is 22.9. The second-order valence-electron chi connectivity index (χ2n) is 11.3. The van der Waals surface area contributed by atoms with Crippen LogP contribution in [0.15, 0.2) is 0 Å². The van der Waals surface area contributed by atoms with Gasteiger partial charge in [-0.3, -0.25) is 4.79 Å². The standard InChI is InChI=1S/C12H22O.C10H22.C7H14/c1-4-12(13)11-7-5-10(6-8-11)9(2)3;1-5-6-10(4)8-7-9(2)3;1-7-5-3-2-4-6-7/h9-11H,4-8H2,1-3H3;9-10H,5-8H2,1-4H3;7H,2-6H2,1H3. The quantitative estimate of drug-likeness (QED) is 0.380. The highest BCUT2D eigenvalue weighted by atomic mass is 16.1. The highest BCUT2D eigenvalue weighted by Crippen LogP contribution is 2.33. The minimum atomic E-state index is 0.403. The first-order valence-corrected chi connectivity index (χ1v) is 13.7. The van der Waals surface area contributed by atoms with Gasteiger partial charge in [-0.15, -0.1) is 0 Å². The Hall–Kier alpha value is -0.330.